The van der Waals surface area contributed by atoms with Gasteiger partial charge in [-0.3, -0.25) is 0 Å². The Morgan fingerprint density at radius 2 is 2.04 bits per heavy atom. The molecule has 1 aliphatic heterocycles. The lowest BCUT2D eigenvalue weighted by Crippen LogP contribution is -2.09. The number of ether oxygens (including phenoxy) is 2. The van der Waals surface area contributed by atoms with Crippen molar-refractivity contribution >= 4 is 5.82 Å². The van der Waals surface area contributed by atoms with Gasteiger partial charge in [-0.2, -0.15) is 10.1 Å². The molecule has 0 amide bonds. The van der Waals surface area contributed by atoms with Gasteiger partial charge in [0, 0.05) is 29.8 Å². The van der Waals surface area contributed by atoms with E-state index in [1.165, 1.54) is 19.4 Å². The van der Waals surface area contributed by atoms with Crippen LogP contribution in [-0.4, -0.2) is 29.3 Å². The van der Waals surface area contributed by atoms with Crippen LogP contribution in [-0.2, 0) is 6.61 Å². The van der Waals surface area contributed by atoms with Gasteiger partial charge in [-0.1, -0.05) is 0 Å². The van der Waals surface area contributed by atoms with Crippen molar-refractivity contribution in [2.45, 2.75) is 6.61 Å². The van der Waals surface area contributed by atoms with Crippen LogP contribution >= 0.6 is 0 Å². The summed E-state index contributed by atoms with van der Waals surface area (Å²) in [7, 11) is 3.28. The lowest BCUT2D eigenvalue weighted by atomic mass is 9.94. The predicted octanol–water partition coefficient (Wildman–Crippen LogP) is 3.29. The molecule has 3 heterocycles. The molecule has 0 fully saturated rings. The molecule has 7 heteroatoms. The normalized spacial score (nSPS) is 12.0. The minimum absolute atomic E-state index is 0.325. The summed E-state index contributed by atoms with van der Waals surface area (Å²) in [5.74, 6) is 1.19. The maximum absolute atomic E-state index is 14.8. The average Bonchev–Trinajstić information content (AvgIpc) is 2.67. The van der Waals surface area contributed by atoms with Crippen LogP contribution in [0.2, 0.25) is 0 Å². The second-order valence-electron chi connectivity index (χ2n) is 5.56. The highest BCUT2D eigenvalue weighted by Crippen LogP contribution is 2.39. The molecule has 126 valence electrons. The van der Waals surface area contributed by atoms with Gasteiger partial charge in [0.1, 0.15) is 18.2 Å². The van der Waals surface area contributed by atoms with Crippen LogP contribution in [0.4, 0.5) is 10.2 Å². The van der Waals surface area contributed by atoms with Crippen LogP contribution in [0.25, 0.3) is 22.3 Å². The van der Waals surface area contributed by atoms with Crippen molar-refractivity contribution in [2.75, 3.05) is 19.5 Å². The van der Waals surface area contributed by atoms with E-state index in [0.29, 0.717) is 35.3 Å². The first-order valence-electron chi connectivity index (χ1n) is 7.71. The maximum atomic E-state index is 14.8. The van der Waals surface area contributed by atoms with Crippen LogP contribution in [0.3, 0.4) is 0 Å². The standard InChI is InChI=1S/C18H15FN4O2/c1-20-16-4-3-12-13-7-15(19)14(5-11(13)9-25-18(12)22-16)10-6-17(24-2)23-21-8-10/h3-8H,9H2,1-2H3,(H,20,22). The van der Waals surface area contributed by atoms with Gasteiger partial charge in [0.2, 0.25) is 11.8 Å². The van der Waals surface area contributed by atoms with Crippen molar-refractivity contribution in [3.63, 3.8) is 0 Å². The van der Waals surface area contributed by atoms with Gasteiger partial charge in [0.25, 0.3) is 0 Å². The molecular formula is C18H15FN4O2. The van der Waals surface area contributed by atoms with Gasteiger partial charge < -0.3 is 14.8 Å². The molecule has 0 saturated heterocycles. The Morgan fingerprint density at radius 3 is 2.84 bits per heavy atom. The second kappa shape index (κ2) is 6.01. The number of nitrogens with zero attached hydrogens (tertiary/aromatic N) is 3. The number of pyridine rings is 1. The Bertz CT molecular complexity index is 962. The lowest BCUT2D eigenvalue weighted by molar-refractivity contribution is 0.290. The van der Waals surface area contributed by atoms with Gasteiger partial charge in [0.15, 0.2) is 0 Å². The quantitative estimate of drug-likeness (QED) is 0.790. The fraction of sp³-hybridized carbons (Fsp3) is 0.167. The molecule has 1 N–H and O–H groups in total. The molecule has 4 rings (SSSR count). The zero-order valence-corrected chi connectivity index (χ0v) is 13.7. The number of halogens is 1. The summed E-state index contributed by atoms with van der Waals surface area (Å²) in [5.41, 5.74) is 3.47. The number of aromatic nitrogens is 3. The molecule has 0 spiro atoms. The number of fused-ring (bicyclic) bond motifs is 3. The molecule has 1 aliphatic rings. The van der Waals surface area contributed by atoms with E-state index in [-0.39, 0.29) is 5.82 Å². The van der Waals surface area contributed by atoms with Gasteiger partial charge in [-0.05, 0) is 35.4 Å². The van der Waals surface area contributed by atoms with Crippen LogP contribution in [0.15, 0.2) is 36.5 Å². The van der Waals surface area contributed by atoms with Crippen molar-refractivity contribution in [1.29, 1.82) is 0 Å². The van der Waals surface area contributed by atoms with Crippen molar-refractivity contribution in [1.82, 2.24) is 15.2 Å². The van der Waals surface area contributed by atoms with Crippen LogP contribution in [0.1, 0.15) is 5.56 Å². The number of anilines is 1. The Balaban J connectivity index is 1.82. The Labute approximate surface area is 143 Å². The molecule has 0 radical (unpaired) electrons. The SMILES string of the molecule is CNc1ccc2c(n1)OCc1cc(-c3cnnc(OC)c3)c(F)cc1-2. The van der Waals surface area contributed by atoms with Crippen molar-refractivity contribution in [2.24, 2.45) is 0 Å². The van der Waals surface area contributed by atoms with Crippen LogP contribution < -0.4 is 14.8 Å². The predicted molar refractivity (Wildman–Crippen MR) is 91.1 cm³/mol. The highest BCUT2D eigenvalue weighted by Gasteiger charge is 2.22. The summed E-state index contributed by atoms with van der Waals surface area (Å²) in [6.07, 6.45) is 1.51. The van der Waals surface area contributed by atoms with Crippen LogP contribution in [0, 0.1) is 5.82 Å². The number of hydrogen-bond acceptors (Lipinski definition) is 6. The van der Waals surface area contributed by atoms with E-state index < -0.39 is 0 Å². The van der Waals surface area contributed by atoms with E-state index in [4.69, 9.17) is 9.47 Å². The fourth-order valence-electron chi connectivity index (χ4n) is 2.84. The van der Waals surface area contributed by atoms with E-state index >= 15 is 0 Å². The van der Waals surface area contributed by atoms with Crippen LogP contribution in [0.5, 0.6) is 11.8 Å². The van der Waals surface area contributed by atoms with E-state index in [2.05, 4.69) is 20.5 Å². The Hall–Kier alpha value is -3.22. The minimum atomic E-state index is -0.348. The van der Waals surface area contributed by atoms with E-state index in [0.717, 1.165) is 16.7 Å². The highest BCUT2D eigenvalue weighted by atomic mass is 19.1. The van der Waals surface area contributed by atoms with E-state index in [1.54, 1.807) is 19.2 Å². The summed E-state index contributed by atoms with van der Waals surface area (Å²) in [6, 6.07) is 8.65. The first kappa shape index (κ1) is 15.3. The lowest BCUT2D eigenvalue weighted by Gasteiger charge is -2.21. The first-order valence-corrected chi connectivity index (χ1v) is 7.71. The minimum Gasteiger partial charge on any atom is -0.480 e. The topological polar surface area (TPSA) is 69.2 Å². The number of benzene rings is 1. The number of hydrogen-bond donors (Lipinski definition) is 1. The van der Waals surface area contributed by atoms with Crippen molar-refractivity contribution in [3.8, 4) is 34.0 Å². The third-order valence-corrected chi connectivity index (χ3v) is 4.12. The Kier molecular flexibility index (Phi) is 3.68. The molecule has 1 aromatic carbocycles. The smallest absolute Gasteiger partial charge is 0.233 e. The van der Waals surface area contributed by atoms with Crippen molar-refractivity contribution < 1.29 is 13.9 Å². The van der Waals surface area contributed by atoms with E-state index in [1.807, 2.05) is 12.1 Å². The summed E-state index contributed by atoms with van der Waals surface area (Å²) in [5, 5.41) is 10.6. The monoisotopic (exact) mass is 338 g/mol. The third-order valence-electron chi connectivity index (χ3n) is 4.12. The Morgan fingerprint density at radius 1 is 1.16 bits per heavy atom. The summed E-state index contributed by atoms with van der Waals surface area (Å²) < 4.78 is 25.6. The zero-order valence-electron chi connectivity index (χ0n) is 13.7. The molecule has 25 heavy (non-hydrogen) atoms. The molecule has 0 atom stereocenters. The molecule has 0 bridgehead atoms. The van der Waals surface area contributed by atoms with Gasteiger partial charge in [-0.15, -0.1) is 5.10 Å². The number of rotatable bonds is 3. The zero-order chi connectivity index (χ0) is 17.4. The molecule has 6 nitrogen and oxygen atoms in total. The molecule has 0 unspecified atom stereocenters. The summed E-state index contributed by atoms with van der Waals surface area (Å²) >= 11 is 0. The largest absolute Gasteiger partial charge is 0.480 e. The van der Waals surface area contributed by atoms with Gasteiger partial charge >= 0.3 is 0 Å². The average molecular weight is 338 g/mol. The van der Waals surface area contributed by atoms with E-state index in [9.17, 15) is 4.39 Å². The van der Waals surface area contributed by atoms with Crippen molar-refractivity contribution in [3.05, 3.63) is 47.9 Å². The first-order chi connectivity index (χ1) is 12.2. The summed E-state index contributed by atoms with van der Waals surface area (Å²) in [6.45, 7) is 0.325. The highest BCUT2D eigenvalue weighted by molar-refractivity contribution is 5.78. The molecule has 0 saturated carbocycles. The molecule has 2 aromatic heterocycles. The molecular weight excluding hydrogens is 323 g/mol. The molecule has 3 aromatic rings. The second-order valence-corrected chi connectivity index (χ2v) is 5.56. The third kappa shape index (κ3) is 2.63. The number of nitrogens with one attached hydrogen (secondary N) is 1. The maximum Gasteiger partial charge on any atom is 0.233 e. The summed E-state index contributed by atoms with van der Waals surface area (Å²) in [4.78, 5) is 4.37. The van der Waals surface area contributed by atoms with Gasteiger partial charge in [0.05, 0.1) is 13.3 Å². The van der Waals surface area contributed by atoms with Gasteiger partial charge in [-0.25, -0.2) is 4.39 Å². The molecule has 0 aliphatic carbocycles. The number of methoxy groups -OCH3 is 1. The fourth-order valence-corrected chi connectivity index (χ4v) is 2.84.